The van der Waals surface area contributed by atoms with Crippen LogP contribution in [0.4, 0.5) is 0 Å². The molecule has 0 aromatic heterocycles. The van der Waals surface area contributed by atoms with E-state index in [0.29, 0.717) is 24.7 Å². The van der Waals surface area contributed by atoms with Gasteiger partial charge in [-0.1, -0.05) is 24.3 Å². The third kappa shape index (κ3) is 4.68. The Morgan fingerprint density at radius 3 is 2.27 bits per heavy atom. The van der Waals surface area contributed by atoms with Crippen LogP contribution in [-0.4, -0.2) is 38.2 Å². The number of rotatable bonds is 6. The van der Waals surface area contributed by atoms with Crippen molar-refractivity contribution in [1.29, 1.82) is 0 Å². The zero-order valence-electron chi connectivity index (χ0n) is 20.0. The lowest BCUT2D eigenvalue weighted by atomic mass is 9.91. The summed E-state index contributed by atoms with van der Waals surface area (Å²) in [5.74, 6) is 2.17. The van der Waals surface area contributed by atoms with Crippen LogP contribution in [0.5, 0.6) is 17.2 Å². The summed E-state index contributed by atoms with van der Waals surface area (Å²) in [7, 11) is 3.27. The molecular formula is C28H31NO4. The third-order valence-corrected chi connectivity index (χ3v) is 6.24. The first kappa shape index (κ1) is 22.7. The van der Waals surface area contributed by atoms with E-state index in [0.717, 1.165) is 45.6 Å². The fourth-order valence-corrected chi connectivity index (χ4v) is 4.61. The second-order valence-electron chi connectivity index (χ2n) is 8.62. The van der Waals surface area contributed by atoms with Crippen LogP contribution in [0.3, 0.4) is 0 Å². The van der Waals surface area contributed by atoms with Crippen LogP contribution in [0.15, 0.2) is 54.6 Å². The Morgan fingerprint density at radius 1 is 0.939 bits per heavy atom. The van der Waals surface area contributed by atoms with Gasteiger partial charge in [0, 0.05) is 12.1 Å². The minimum atomic E-state index is -0.249. The number of nitrogens with zero attached hydrogens (tertiary/aromatic N) is 1. The lowest BCUT2D eigenvalue weighted by molar-refractivity contribution is 0.0588. The summed E-state index contributed by atoms with van der Waals surface area (Å²) in [4.78, 5) is 15.6. The van der Waals surface area contributed by atoms with Crippen molar-refractivity contribution in [3.8, 4) is 17.2 Å². The van der Waals surface area contributed by atoms with E-state index in [4.69, 9.17) is 14.2 Å². The predicted molar refractivity (Wildman–Crippen MR) is 130 cm³/mol. The molecule has 1 atom stereocenters. The van der Waals surface area contributed by atoms with Crippen LogP contribution in [0.25, 0.3) is 0 Å². The highest BCUT2D eigenvalue weighted by Crippen LogP contribution is 2.39. The van der Waals surface area contributed by atoms with E-state index >= 15 is 0 Å². The number of carbonyl (C=O) groups excluding carboxylic acids is 1. The summed E-state index contributed by atoms with van der Waals surface area (Å²) >= 11 is 0. The maximum atomic E-state index is 13.7. The van der Waals surface area contributed by atoms with Crippen molar-refractivity contribution in [2.24, 2.45) is 0 Å². The average Bonchev–Trinajstić information content (AvgIpc) is 2.80. The van der Waals surface area contributed by atoms with Gasteiger partial charge in [0.25, 0.3) is 5.91 Å². The number of hydrogen-bond acceptors (Lipinski definition) is 4. The van der Waals surface area contributed by atoms with Crippen molar-refractivity contribution in [3.63, 3.8) is 0 Å². The molecule has 3 aromatic carbocycles. The van der Waals surface area contributed by atoms with Gasteiger partial charge in [-0.05, 0) is 85.3 Å². The van der Waals surface area contributed by atoms with Crippen molar-refractivity contribution < 1.29 is 19.0 Å². The maximum Gasteiger partial charge on any atom is 0.254 e. The molecule has 1 heterocycles. The molecule has 1 amide bonds. The quantitative estimate of drug-likeness (QED) is 0.506. The molecular weight excluding hydrogens is 414 g/mol. The number of amides is 1. The molecule has 0 N–H and O–H groups in total. The Hall–Kier alpha value is -3.47. The van der Waals surface area contributed by atoms with Gasteiger partial charge in [0.05, 0.1) is 20.3 Å². The summed E-state index contributed by atoms with van der Waals surface area (Å²) in [6.07, 6.45) is 0.743. The zero-order chi connectivity index (χ0) is 23.5. The normalized spacial score (nSPS) is 15.1. The number of carbonyl (C=O) groups is 1. The molecule has 5 heteroatoms. The van der Waals surface area contributed by atoms with Gasteiger partial charge in [0.15, 0.2) is 11.5 Å². The Kier molecular flexibility index (Phi) is 6.59. The van der Waals surface area contributed by atoms with Crippen molar-refractivity contribution in [1.82, 2.24) is 4.90 Å². The molecule has 172 valence electrons. The molecule has 0 spiro atoms. The highest BCUT2D eigenvalue weighted by Gasteiger charge is 2.33. The number of methoxy groups -OCH3 is 2. The van der Waals surface area contributed by atoms with Crippen molar-refractivity contribution in [3.05, 3.63) is 88.0 Å². The standard InChI is InChI=1S/C28H31NO4/c1-18-12-19(2)14-22(13-18)33-17-25-24-16-27(32-5)26(31-4)15-21(24)10-11-29(25)28(30)23-9-7-6-8-20(23)3/h6-9,12-16,25H,10-11,17H2,1-5H3/t25-/m0/s1. The predicted octanol–water partition coefficient (Wildman–Crippen LogP) is 5.45. The van der Waals surface area contributed by atoms with Crippen LogP contribution < -0.4 is 14.2 Å². The van der Waals surface area contributed by atoms with E-state index in [1.807, 2.05) is 60.4 Å². The van der Waals surface area contributed by atoms with Gasteiger partial charge in [0.1, 0.15) is 12.4 Å². The molecule has 0 fully saturated rings. The Labute approximate surface area is 195 Å². The molecule has 1 aliphatic heterocycles. The Morgan fingerprint density at radius 2 is 1.61 bits per heavy atom. The summed E-state index contributed by atoms with van der Waals surface area (Å²) < 4.78 is 17.4. The second-order valence-corrected chi connectivity index (χ2v) is 8.62. The number of aryl methyl sites for hydroxylation is 3. The second kappa shape index (κ2) is 9.57. The Bertz CT molecular complexity index is 1150. The monoisotopic (exact) mass is 445 g/mol. The number of ether oxygens (including phenoxy) is 3. The average molecular weight is 446 g/mol. The van der Waals surface area contributed by atoms with Crippen LogP contribution >= 0.6 is 0 Å². The van der Waals surface area contributed by atoms with E-state index < -0.39 is 0 Å². The van der Waals surface area contributed by atoms with Crippen LogP contribution in [-0.2, 0) is 6.42 Å². The van der Waals surface area contributed by atoms with Gasteiger partial charge in [-0.25, -0.2) is 0 Å². The minimum Gasteiger partial charge on any atom is -0.493 e. The molecule has 0 saturated heterocycles. The number of hydrogen-bond donors (Lipinski definition) is 0. The molecule has 3 aromatic rings. The van der Waals surface area contributed by atoms with E-state index in [-0.39, 0.29) is 11.9 Å². The van der Waals surface area contributed by atoms with Crippen molar-refractivity contribution in [2.45, 2.75) is 33.2 Å². The molecule has 0 saturated carbocycles. The molecule has 0 bridgehead atoms. The molecule has 0 aliphatic carbocycles. The molecule has 0 unspecified atom stereocenters. The van der Waals surface area contributed by atoms with E-state index in [1.54, 1.807) is 14.2 Å². The van der Waals surface area contributed by atoms with Gasteiger partial charge >= 0.3 is 0 Å². The third-order valence-electron chi connectivity index (χ3n) is 6.24. The first-order valence-electron chi connectivity index (χ1n) is 11.2. The highest BCUT2D eigenvalue weighted by molar-refractivity contribution is 5.96. The topological polar surface area (TPSA) is 48.0 Å². The molecule has 1 aliphatic rings. The highest BCUT2D eigenvalue weighted by atomic mass is 16.5. The van der Waals surface area contributed by atoms with Gasteiger partial charge in [-0.2, -0.15) is 0 Å². The smallest absolute Gasteiger partial charge is 0.254 e. The Balaban J connectivity index is 1.73. The SMILES string of the molecule is COc1cc2c(cc1OC)[C@H](COc1cc(C)cc(C)c1)N(C(=O)c1ccccc1C)CC2. The van der Waals surface area contributed by atoms with Crippen LogP contribution in [0.1, 0.15) is 44.2 Å². The maximum absolute atomic E-state index is 13.7. The van der Waals surface area contributed by atoms with Crippen LogP contribution in [0.2, 0.25) is 0 Å². The van der Waals surface area contributed by atoms with E-state index in [1.165, 1.54) is 0 Å². The molecule has 5 nitrogen and oxygen atoms in total. The minimum absolute atomic E-state index is 0.0163. The molecule has 33 heavy (non-hydrogen) atoms. The summed E-state index contributed by atoms with van der Waals surface area (Å²) in [6, 6.07) is 17.7. The first-order chi connectivity index (χ1) is 15.9. The van der Waals surface area contributed by atoms with Gasteiger partial charge in [0.2, 0.25) is 0 Å². The largest absolute Gasteiger partial charge is 0.493 e. The van der Waals surface area contributed by atoms with Gasteiger partial charge in [-0.15, -0.1) is 0 Å². The van der Waals surface area contributed by atoms with E-state index in [2.05, 4.69) is 19.9 Å². The van der Waals surface area contributed by atoms with Crippen LogP contribution in [0, 0.1) is 20.8 Å². The lowest BCUT2D eigenvalue weighted by Crippen LogP contribution is -2.42. The van der Waals surface area contributed by atoms with Crippen molar-refractivity contribution in [2.75, 3.05) is 27.4 Å². The summed E-state index contributed by atoms with van der Waals surface area (Å²) in [5, 5.41) is 0. The molecule has 4 rings (SSSR count). The molecule has 0 radical (unpaired) electrons. The van der Waals surface area contributed by atoms with Crippen molar-refractivity contribution >= 4 is 5.91 Å². The zero-order valence-corrected chi connectivity index (χ0v) is 20.0. The summed E-state index contributed by atoms with van der Waals surface area (Å²) in [6.45, 7) is 7.04. The van der Waals surface area contributed by atoms with Gasteiger partial charge in [-0.3, -0.25) is 4.79 Å². The fourth-order valence-electron chi connectivity index (χ4n) is 4.61. The number of fused-ring (bicyclic) bond motifs is 1. The fraction of sp³-hybridized carbons (Fsp3) is 0.321. The van der Waals surface area contributed by atoms with E-state index in [9.17, 15) is 4.79 Å². The first-order valence-corrected chi connectivity index (χ1v) is 11.2. The summed E-state index contributed by atoms with van der Waals surface area (Å²) in [5.41, 5.74) is 6.16. The van der Waals surface area contributed by atoms with Gasteiger partial charge < -0.3 is 19.1 Å². The lowest BCUT2D eigenvalue weighted by Gasteiger charge is -2.38. The number of benzene rings is 3.